The molecule has 2 heterocycles. The first-order valence-electron chi connectivity index (χ1n) is 7.19. The minimum Gasteiger partial charge on any atom is -0.481 e. The maximum absolute atomic E-state index is 12.6. The van der Waals surface area contributed by atoms with Gasteiger partial charge in [-0.25, -0.2) is 18.7 Å². The Morgan fingerprint density at radius 2 is 1.42 bits per heavy atom. The number of aromatic nitrogens is 2. The first kappa shape index (κ1) is 15.9. The number of halogens is 2. The SMILES string of the molecule is COc1ncccc1-c1cccnc1Oc1ccc(C(F)F)cc1. The first-order valence-corrected chi connectivity index (χ1v) is 7.19. The molecule has 0 aliphatic rings. The number of nitrogens with zero attached hydrogens (tertiary/aromatic N) is 2. The zero-order valence-electron chi connectivity index (χ0n) is 12.8. The van der Waals surface area contributed by atoms with Crippen LogP contribution in [0.15, 0.2) is 60.9 Å². The van der Waals surface area contributed by atoms with Gasteiger partial charge < -0.3 is 9.47 Å². The molecule has 3 rings (SSSR count). The number of pyridine rings is 2. The molecule has 0 aliphatic heterocycles. The van der Waals surface area contributed by atoms with Crippen LogP contribution in [-0.2, 0) is 0 Å². The van der Waals surface area contributed by atoms with Crippen molar-refractivity contribution >= 4 is 0 Å². The number of rotatable bonds is 5. The van der Waals surface area contributed by atoms with E-state index in [1.54, 1.807) is 24.5 Å². The molecule has 0 fully saturated rings. The minimum atomic E-state index is -2.51. The fourth-order valence-electron chi connectivity index (χ4n) is 2.23. The number of ether oxygens (including phenoxy) is 2. The van der Waals surface area contributed by atoms with Crippen LogP contribution in [0.4, 0.5) is 8.78 Å². The van der Waals surface area contributed by atoms with E-state index in [1.807, 2.05) is 12.1 Å². The first-order chi connectivity index (χ1) is 11.7. The summed E-state index contributed by atoms with van der Waals surface area (Å²) in [5.41, 5.74) is 1.37. The maximum Gasteiger partial charge on any atom is 0.263 e. The van der Waals surface area contributed by atoms with Gasteiger partial charge in [0, 0.05) is 29.1 Å². The highest BCUT2D eigenvalue weighted by molar-refractivity contribution is 5.73. The van der Waals surface area contributed by atoms with Crippen molar-refractivity contribution in [2.75, 3.05) is 7.11 Å². The van der Waals surface area contributed by atoms with E-state index in [-0.39, 0.29) is 5.56 Å². The van der Waals surface area contributed by atoms with E-state index in [0.717, 1.165) is 5.56 Å². The molecule has 6 heteroatoms. The third-order valence-corrected chi connectivity index (χ3v) is 3.37. The lowest BCUT2D eigenvalue weighted by Gasteiger charge is -2.12. The average molecular weight is 328 g/mol. The summed E-state index contributed by atoms with van der Waals surface area (Å²) in [6.07, 6.45) is 0.710. The Kier molecular flexibility index (Phi) is 4.65. The second-order valence-electron chi connectivity index (χ2n) is 4.89. The molecule has 2 aromatic heterocycles. The molecule has 0 aliphatic carbocycles. The number of benzene rings is 1. The Hall–Kier alpha value is -3.02. The molecular formula is C18H14F2N2O2. The highest BCUT2D eigenvalue weighted by atomic mass is 19.3. The number of hydrogen-bond donors (Lipinski definition) is 0. The van der Waals surface area contributed by atoms with Crippen molar-refractivity contribution < 1.29 is 18.3 Å². The fraction of sp³-hybridized carbons (Fsp3) is 0.111. The number of methoxy groups -OCH3 is 1. The Labute approximate surface area is 137 Å². The van der Waals surface area contributed by atoms with E-state index in [4.69, 9.17) is 9.47 Å². The maximum atomic E-state index is 12.6. The van der Waals surface area contributed by atoms with E-state index in [9.17, 15) is 8.78 Å². The van der Waals surface area contributed by atoms with Crippen LogP contribution in [0, 0.1) is 0 Å². The lowest BCUT2D eigenvalue weighted by molar-refractivity contribution is 0.151. The molecule has 24 heavy (non-hydrogen) atoms. The monoisotopic (exact) mass is 328 g/mol. The number of hydrogen-bond acceptors (Lipinski definition) is 4. The van der Waals surface area contributed by atoms with Crippen LogP contribution in [0.5, 0.6) is 17.5 Å². The molecule has 4 nitrogen and oxygen atoms in total. The van der Waals surface area contributed by atoms with Crippen molar-refractivity contribution in [3.8, 4) is 28.6 Å². The summed E-state index contributed by atoms with van der Waals surface area (Å²) in [6.45, 7) is 0. The third-order valence-electron chi connectivity index (χ3n) is 3.37. The van der Waals surface area contributed by atoms with Gasteiger partial charge in [0.1, 0.15) is 5.75 Å². The lowest BCUT2D eigenvalue weighted by atomic mass is 10.1. The van der Waals surface area contributed by atoms with Gasteiger partial charge in [0.25, 0.3) is 6.43 Å². The van der Waals surface area contributed by atoms with E-state index in [1.165, 1.54) is 31.4 Å². The summed E-state index contributed by atoms with van der Waals surface area (Å²) in [5, 5.41) is 0. The highest BCUT2D eigenvalue weighted by Gasteiger charge is 2.14. The van der Waals surface area contributed by atoms with Crippen LogP contribution in [-0.4, -0.2) is 17.1 Å². The van der Waals surface area contributed by atoms with E-state index < -0.39 is 6.43 Å². The van der Waals surface area contributed by atoms with Crippen LogP contribution in [0.2, 0.25) is 0 Å². The normalized spacial score (nSPS) is 10.7. The molecule has 0 atom stereocenters. The smallest absolute Gasteiger partial charge is 0.263 e. The fourth-order valence-corrected chi connectivity index (χ4v) is 2.23. The molecular weight excluding hydrogens is 314 g/mol. The topological polar surface area (TPSA) is 44.2 Å². The molecule has 0 unspecified atom stereocenters. The predicted molar refractivity (Wildman–Crippen MR) is 85.5 cm³/mol. The average Bonchev–Trinajstić information content (AvgIpc) is 2.62. The molecule has 0 bridgehead atoms. The van der Waals surface area contributed by atoms with Gasteiger partial charge in [0.2, 0.25) is 11.8 Å². The van der Waals surface area contributed by atoms with Crippen LogP contribution < -0.4 is 9.47 Å². The van der Waals surface area contributed by atoms with Crippen LogP contribution in [0.3, 0.4) is 0 Å². The van der Waals surface area contributed by atoms with Gasteiger partial charge in [-0.3, -0.25) is 0 Å². The Morgan fingerprint density at radius 3 is 2.00 bits per heavy atom. The van der Waals surface area contributed by atoms with Crippen molar-refractivity contribution in [1.82, 2.24) is 9.97 Å². The van der Waals surface area contributed by atoms with Crippen molar-refractivity contribution in [2.24, 2.45) is 0 Å². The minimum absolute atomic E-state index is 0.0578. The number of alkyl halides is 2. The van der Waals surface area contributed by atoms with Gasteiger partial charge in [0.05, 0.1) is 7.11 Å². The molecule has 0 spiro atoms. The summed E-state index contributed by atoms with van der Waals surface area (Å²) in [5.74, 6) is 1.21. The van der Waals surface area contributed by atoms with E-state index in [0.29, 0.717) is 23.1 Å². The predicted octanol–water partition coefficient (Wildman–Crippen LogP) is 4.88. The van der Waals surface area contributed by atoms with Gasteiger partial charge in [-0.1, -0.05) is 0 Å². The largest absolute Gasteiger partial charge is 0.481 e. The van der Waals surface area contributed by atoms with Gasteiger partial charge in [-0.05, 0) is 48.5 Å². The summed E-state index contributed by atoms with van der Waals surface area (Å²) in [6, 6.07) is 12.9. The molecule has 0 amide bonds. The zero-order valence-corrected chi connectivity index (χ0v) is 12.8. The molecule has 0 N–H and O–H groups in total. The van der Waals surface area contributed by atoms with Crippen LogP contribution in [0.25, 0.3) is 11.1 Å². The summed E-state index contributed by atoms with van der Waals surface area (Å²) in [4.78, 5) is 8.39. The Bertz CT molecular complexity index is 823. The van der Waals surface area contributed by atoms with Crippen molar-refractivity contribution in [2.45, 2.75) is 6.43 Å². The van der Waals surface area contributed by atoms with Gasteiger partial charge >= 0.3 is 0 Å². The van der Waals surface area contributed by atoms with Gasteiger partial charge in [-0.15, -0.1) is 0 Å². The van der Waals surface area contributed by atoms with Crippen molar-refractivity contribution in [1.29, 1.82) is 0 Å². The lowest BCUT2D eigenvalue weighted by Crippen LogP contribution is -1.95. The molecule has 1 aromatic carbocycles. The standard InChI is InChI=1S/C18H14F2N2O2/c1-23-17-14(4-2-10-21-17)15-5-3-11-22-18(15)24-13-8-6-12(7-9-13)16(19)20/h2-11,16H,1H3. The van der Waals surface area contributed by atoms with Crippen molar-refractivity contribution in [3.05, 3.63) is 66.5 Å². The van der Waals surface area contributed by atoms with Crippen LogP contribution >= 0.6 is 0 Å². The molecule has 0 saturated heterocycles. The zero-order chi connectivity index (χ0) is 16.9. The van der Waals surface area contributed by atoms with Gasteiger partial charge in [-0.2, -0.15) is 0 Å². The second kappa shape index (κ2) is 7.04. The van der Waals surface area contributed by atoms with E-state index in [2.05, 4.69) is 9.97 Å². The van der Waals surface area contributed by atoms with E-state index >= 15 is 0 Å². The van der Waals surface area contributed by atoms with Crippen LogP contribution in [0.1, 0.15) is 12.0 Å². The molecule has 0 radical (unpaired) electrons. The second-order valence-corrected chi connectivity index (χ2v) is 4.89. The molecule has 122 valence electrons. The quantitative estimate of drug-likeness (QED) is 0.669. The third kappa shape index (κ3) is 3.32. The Morgan fingerprint density at radius 1 is 0.833 bits per heavy atom. The summed E-state index contributed by atoms with van der Waals surface area (Å²) in [7, 11) is 1.53. The summed E-state index contributed by atoms with van der Waals surface area (Å²) >= 11 is 0. The Balaban J connectivity index is 1.95. The van der Waals surface area contributed by atoms with Gasteiger partial charge in [0.15, 0.2) is 0 Å². The highest BCUT2D eigenvalue weighted by Crippen LogP contribution is 2.35. The summed E-state index contributed by atoms with van der Waals surface area (Å²) < 4.78 is 36.3. The molecule has 0 saturated carbocycles. The molecule has 3 aromatic rings. The van der Waals surface area contributed by atoms with Crippen molar-refractivity contribution in [3.63, 3.8) is 0 Å².